The molecule has 1 N–H and O–H groups in total. The van der Waals surface area contributed by atoms with E-state index in [1.807, 2.05) is 18.2 Å². The molecule has 1 aliphatic rings. The van der Waals surface area contributed by atoms with E-state index < -0.39 is 0 Å². The normalized spacial score (nSPS) is 18.2. The third kappa shape index (κ3) is 4.35. The summed E-state index contributed by atoms with van der Waals surface area (Å²) in [6, 6.07) is 7.12. The maximum absolute atomic E-state index is 6.02. The molecule has 2 rings (SSSR count). The lowest BCUT2D eigenvalue weighted by Gasteiger charge is -2.35. The number of nitrogens with one attached hydrogen (secondary N) is 1. The Kier molecular flexibility index (Phi) is 5.52. The first-order valence-corrected chi connectivity index (χ1v) is 7.73. The predicted octanol–water partition coefficient (Wildman–Crippen LogP) is 3.96. The van der Waals surface area contributed by atoms with Crippen molar-refractivity contribution < 1.29 is 0 Å². The van der Waals surface area contributed by atoms with Gasteiger partial charge >= 0.3 is 0 Å². The molecule has 0 spiro atoms. The van der Waals surface area contributed by atoms with Crippen LogP contribution in [0.2, 0.25) is 10.0 Å². The van der Waals surface area contributed by atoms with E-state index in [4.69, 9.17) is 23.2 Å². The number of halogens is 2. The van der Waals surface area contributed by atoms with Crippen LogP contribution in [0.15, 0.2) is 18.2 Å². The number of benzene rings is 1. The number of rotatable bonds is 4. The summed E-state index contributed by atoms with van der Waals surface area (Å²) in [5.74, 6) is 0. The average molecular weight is 301 g/mol. The van der Waals surface area contributed by atoms with Crippen LogP contribution in [0.5, 0.6) is 0 Å². The first kappa shape index (κ1) is 15.1. The Hall–Kier alpha value is -0.280. The molecular weight excluding hydrogens is 279 g/mol. The largest absolute Gasteiger partial charge is 0.310 e. The van der Waals surface area contributed by atoms with Crippen molar-refractivity contribution in [2.75, 3.05) is 13.1 Å². The fraction of sp³-hybridized carbons (Fsp3) is 0.600. The minimum absolute atomic E-state index is 0.615. The second kappa shape index (κ2) is 6.94. The van der Waals surface area contributed by atoms with Crippen LogP contribution in [-0.4, -0.2) is 30.1 Å². The lowest BCUT2D eigenvalue weighted by atomic mass is 10.0. The number of likely N-dealkylation sites (tertiary alicyclic amines) is 1. The van der Waals surface area contributed by atoms with E-state index in [1.165, 1.54) is 31.5 Å². The molecule has 4 heteroatoms. The standard InChI is InChI=1S/C15H22Cl2N2/c1-11(2)19-7-5-13(6-8-19)18-10-12-3-4-14(16)15(17)9-12/h3-4,9,11,13,18H,5-8,10H2,1-2H3. The molecule has 1 heterocycles. The first-order chi connectivity index (χ1) is 9.06. The third-order valence-corrected chi connectivity index (χ3v) is 4.58. The molecule has 1 fully saturated rings. The van der Waals surface area contributed by atoms with E-state index in [1.54, 1.807) is 0 Å². The van der Waals surface area contributed by atoms with Crippen molar-refractivity contribution in [3.05, 3.63) is 33.8 Å². The molecule has 2 nitrogen and oxygen atoms in total. The lowest BCUT2D eigenvalue weighted by Crippen LogP contribution is -2.44. The Bertz CT molecular complexity index is 413. The van der Waals surface area contributed by atoms with Gasteiger partial charge in [-0.25, -0.2) is 0 Å². The topological polar surface area (TPSA) is 15.3 Å². The highest BCUT2D eigenvalue weighted by atomic mass is 35.5. The van der Waals surface area contributed by atoms with Crippen LogP contribution in [0.3, 0.4) is 0 Å². The summed E-state index contributed by atoms with van der Waals surface area (Å²) < 4.78 is 0. The summed E-state index contributed by atoms with van der Waals surface area (Å²) >= 11 is 11.9. The number of nitrogens with zero attached hydrogens (tertiary/aromatic N) is 1. The Morgan fingerprint density at radius 2 is 1.89 bits per heavy atom. The molecule has 0 unspecified atom stereocenters. The maximum atomic E-state index is 6.02. The van der Waals surface area contributed by atoms with Crippen LogP contribution in [-0.2, 0) is 6.54 Å². The van der Waals surface area contributed by atoms with Crippen molar-refractivity contribution in [1.82, 2.24) is 10.2 Å². The Morgan fingerprint density at radius 1 is 1.21 bits per heavy atom. The summed E-state index contributed by atoms with van der Waals surface area (Å²) in [6.07, 6.45) is 2.44. The van der Waals surface area contributed by atoms with Gasteiger partial charge in [-0.15, -0.1) is 0 Å². The highest BCUT2D eigenvalue weighted by Crippen LogP contribution is 2.22. The van der Waals surface area contributed by atoms with Crippen LogP contribution < -0.4 is 5.32 Å². The molecular formula is C15H22Cl2N2. The zero-order valence-corrected chi connectivity index (χ0v) is 13.1. The van der Waals surface area contributed by atoms with Gasteiger partial charge in [0.1, 0.15) is 0 Å². The van der Waals surface area contributed by atoms with Gasteiger partial charge in [0.2, 0.25) is 0 Å². The summed E-state index contributed by atoms with van der Waals surface area (Å²) in [6.45, 7) is 7.78. The number of piperidine rings is 1. The van der Waals surface area contributed by atoms with E-state index in [-0.39, 0.29) is 0 Å². The van der Waals surface area contributed by atoms with Gasteiger partial charge in [-0.2, -0.15) is 0 Å². The Labute approximate surface area is 126 Å². The molecule has 1 aromatic rings. The Balaban J connectivity index is 1.79. The zero-order valence-electron chi connectivity index (χ0n) is 11.6. The molecule has 0 amide bonds. The molecule has 1 aliphatic heterocycles. The molecule has 0 saturated carbocycles. The average Bonchev–Trinajstić information content (AvgIpc) is 2.40. The number of hydrogen-bond donors (Lipinski definition) is 1. The van der Waals surface area contributed by atoms with Crippen LogP contribution in [0.1, 0.15) is 32.3 Å². The van der Waals surface area contributed by atoms with Gasteiger partial charge < -0.3 is 10.2 Å². The summed E-state index contributed by atoms with van der Waals surface area (Å²) in [5, 5.41) is 4.87. The van der Waals surface area contributed by atoms with Crippen LogP contribution in [0, 0.1) is 0 Å². The quantitative estimate of drug-likeness (QED) is 0.905. The highest BCUT2D eigenvalue weighted by molar-refractivity contribution is 6.42. The van der Waals surface area contributed by atoms with Gasteiger partial charge in [-0.05, 0) is 57.5 Å². The summed E-state index contributed by atoms with van der Waals surface area (Å²) in [4.78, 5) is 2.54. The van der Waals surface area contributed by atoms with Crippen molar-refractivity contribution in [3.8, 4) is 0 Å². The fourth-order valence-corrected chi connectivity index (χ4v) is 2.85. The van der Waals surface area contributed by atoms with E-state index in [0.717, 1.165) is 6.54 Å². The third-order valence-electron chi connectivity index (χ3n) is 3.84. The van der Waals surface area contributed by atoms with Gasteiger partial charge in [0.15, 0.2) is 0 Å². The lowest BCUT2D eigenvalue weighted by molar-refractivity contribution is 0.161. The molecule has 1 saturated heterocycles. The van der Waals surface area contributed by atoms with Crippen molar-refractivity contribution in [1.29, 1.82) is 0 Å². The second-order valence-electron chi connectivity index (χ2n) is 5.53. The molecule has 19 heavy (non-hydrogen) atoms. The van der Waals surface area contributed by atoms with E-state index >= 15 is 0 Å². The zero-order chi connectivity index (χ0) is 13.8. The van der Waals surface area contributed by atoms with E-state index in [0.29, 0.717) is 22.1 Å². The van der Waals surface area contributed by atoms with Crippen LogP contribution in [0.4, 0.5) is 0 Å². The predicted molar refractivity (Wildman–Crippen MR) is 83.0 cm³/mol. The van der Waals surface area contributed by atoms with Crippen molar-refractivity contribution in [3.63, 3.8) is 0 Å². The van der Waals surface area contributed by atoms with Crippen molar-refractivity contribution in [2.24, 2.45) is 0 Å². The second-order valence-corrected chi connectivity index (χ2v) is 6.35. The van der Waals surface area contributed by atoms with Gasteiger partial charge in [-0.3, -0.25) is 0 Å². The highest BCUT2D eigenvalue weighted by Gasteiger charge is 2.20. The molecule has 106 valence electrons. The summed E-state index contributed by atoms with van der Waals surface area (Å²) in [7, 11) is 0. The monoisotopic (exact) mass is 300 g/mol. The molecule has 0 radical (unpaired) electrons. The molecule has 0 aromatic heterocycles. The summed E-state index contributed by atoms with van der Waals surface area (Å²) in [5.41, 5.74) is 1.20. The molecule has 0 bridgehead atoms. The minimum atomic E-state index is 0.615. The number of hydrogen-bond acceptors (Lipinski definition) is 2. The first-order valence-electron chi connectivity index (χ1n) is 6.97. The molecule has 0 atom stereocenters. The van der Waals surface area contributed by atoms with Crippen molar-refractivity contribution >= 4 is 23.2 Å². The minimum Gasteiger partial charge on any atom is -0.310 e. The smallest absolute Gasteiger partial charge is 0.0595 e. The van der Waals surface area contributed by atoms with E-state index in [9.17, 15) is 0 Å². The van der Waals surface area contributed by atoms with Crippen LogP contribution >= 0.6 is 23.2 Å². The maximum Gasteiger partial charge on any atom is 0.0595 e. The van der Waals surface area contributed by atoms with Gasteiger partial charge in [0, 0.05) is 18.6 Å². The SMILES string of the molecule is CC(C)N1CCC(NCc2ccc(Cl)c(Cl)c2)CC1. The van der Waals surface area contributed by atoms with E-state index in [2.05, 4.69) is 24.1 Å². The fourth-order valence-electron chi connectivity index (χ4n) is 2.53. The van der Waals surface area contributed by atoms with Gasteiger partial charge in [0.05, 0.1) is 10.0 Å². The Morgan fingerprint density at radius 3 is 2.47 bits per heavy atom. The van der Waals surface area contributed by atoms with Crippen LogP contribution in [0.25, 0.3) is 0 Å². The van der Waals surface area contributed by atoms with Crippen molar-refractivity contribution in [2.45, 2.75) is 45.3 Å². The molecule has 1 aromatic carbocycles. The van der Waals surface area contributed by atoms with Gasteiger partial charge in [-0.1, -0.05) is 29.3 Å². The van der Waals surface area contributed by atoms with Gasteiger partial charge in [0.25, 0.3) is 0 Å². The molecule has 0 aliphatic carbocycles.